The summed E-state index contributed by atoms with van der Waals surface area (Å²) in [5.74, 6) is 0.529. The Morgan fingerprint density at radius 3 is 2.47 bits per heavy atom. The monoisotopic (exact) mass is 451 g/mol. The first-order valence-electron chi connectivity index (χ1n) is 11.3. The highest BCUT2D eigenvalue weighted by Crippen LogP contribution is 2.30. The Balaban J connectivity index is 1.43. The standard InChI is InChI=1S/C26H30ClN3O2/c1-17(2)24(29-25(31)22-11-14-28-23-6-4-3-5-21(22)23)26(32)30-15-12-19(13-16-30)18-7-9-20(27)10-8-18/h3-11,14,17,19,24-25,29,31H,12-13,15-16H2,1-2H3/t24?,25-/m1/s1. The van der Waals surface area contributed by atoms with Crippen LogP contribution < -0.4 is 5.32 Å². The average molecular weight is 452 g/mol. The van der Waals surface area contributed by atoms with Gasteiger partial charge in [-0.2, -0.15) is 0 Å². The highest BCUT2D eigenvalue weighted by molar-refractivity contribution is 6.30. The second-order valence-corrected chi connectivity index (χ2v) is 9.30. The summed E-state index contributed by atoms with van der Waals surface area (Å²) in [7, 11) is 0. The van der Waals surface area contributed by atoms with Crippen LogP contribution in [-0.2, 0) is 4.79 Å². The highest BCUT2D eigenvalue weighted by atomic mass is 35.5. The second-order valence-electron chi connectivity index (χ2n) is 8.86. The number of aliphatic hydroxyl groups excluding tert-OH is 1. The van der Waals surface area contributed by atoms with E-state index in [0.717, 1.165) is 34.3 Å². The van der Waals surface area contributed by atoms with Crippen LogP contribution in [0.25, 0.3) is 10.9 Å². The van der Waals surface area contributed by atoms with Crippen LogP contribution in [0.1, 0.15) is 50.0 Å². The normalized spacial score (nSPS) is 17.0. The summed E-state index contributed by atoms with van der Waals surface area (Å²) in [6.45, 7) is 5.44. The number of rotatable bonds is 6. The summed E-state index contributed by atoms with van der Waals surface area (Å²) in [5.41, 5.74) is 2.83. The third-order valence-electron chi connectivity index (χ3n) is 6.40. The number of para-hydroxylation sites is 1. The summed E-state index contributed by atoms with van der Waals surface area (Å²) in [6.07, 6.45) is 2.59. The van der Waals surface area contributed by atoms with E-state index >= 15 is 0 Å². The number of piperidine rings is 1. The largest absolute Gasteiger partial charge is 0.374 e. The van der Waals surface area contributed by atoms with E-state index in [-0.39, 0.29) is 11.8 Å². The molecule has 3 aromatic rings. The first kappa shape index (κ1) is 22.7. The Morgan fingerprint density at radius 2 is 1.78 bits per heavy atom. The van der Waals surface area contributed by atoms with Gasteiger partial charge in [-0.15, -0.1) is 0 Å². The van der Waals surface area contributed by atoms with Crippen LogP contribution in [0.5, 0.6) is 0 Å². The molecule has 32 heavy (non-hydrogen) atoms. The molecule has 0 bridgehead atoms. The Bertz CT molecular complexity index is 1060. The van der Waals surface area contributed by atoms with E-state index in [1.165, 1.54) is 5.56 Å². The lowest BCUT2D eigenvalue weighted by Gasteiger charge is -2.36. The average Bonchev–Trinajstić information content (AvgIpc) is 2.82. The van der Waals surface area contributed by atoms with Gasteiger partial charge in [-0.1, -0.05) is 55.8 Å². The number of carbonyl (C=O) groups is 1. The van der Waals surface area contributed by atoms with Crippen LogP contribution in [0, 0.1) is 5.92 Å². The Labute approximate surface area is 194 Å². The predicted octanol–water partition coefficient (Wildman–Crippen LogP) is 4.90. The molecule has 1 fully saturated rings. The molecule has 0 aliphatic carbocycles. The van der Waals surface area contributed by atoms with Gasteiger partial charge in [0.1, 0.15) is 6.23 Å². The van der Waals surface area contributed by atoms with Gasteiger partial charge in [0, 0.05) is 35.3 Å². The van der Waals surface area contributed by atoms with E-state index in [1.807, 2.05) is 55.1 Å². The fourth-order valence-electron chi connectivity index (χ4n) is 4.53. The van der Waals surface area contributed by atoms with E-state index in [4.69, 9.17) is 11.6 Å². The van der Waals surface area contributed by atoms with Crippen molar-refractivity contribution in [1.82, 2.24) is 15.2 Å². The third kappa shape index (κ3) is 4.96. The molecule has 0 saturated carbocycles. The summed E-state index contributed by atoms with van der Waals surface area (Å²) in [4.78, 5) is 19.7. The van der Waals surface area contributed by atoms with Crippen molar-refractivity contribution in [2.24, 2.45) is 5.92 Å². The molecule has 1 aliphatic rings. The lowest BCUT2D eigenvalue weighted by molar-refractivity contribution is -0.136. The summed E-state index contributed by atoms with van der Waals surface area (Å²) < 4.78 is 0. The molecule has 5 nitrogen and oxygen atoms in total. The molecule has 6 heteroatoms. The zero-order valence-electron chi connectivity index (χ0n) is 18.5. The van der Waals surface area contributed by atoms with Crippen LogP contribution >= 0.6 is 11.6 Å². The number of nitrogens with zero attached hydrogens (tertiary/aromatic N) is 2. The van der Waals surface area contributed by atoms with Crippen molar-refractivity contribution in [3.05, 3.63) is 76.9 Å². The zero-order valence-corrected chi connectivity index (χ0v) is 19.3. The van der Waals surface area contributed by atoms with E-state index in [2.05, 4.69) is 22.4 Å². The molecular weight excluding hydrogens is 422 g/mol. The van der Waals surface area contributed by atoms with Crippen LogP contribution in [0.3, 0.4) is 0 Å². The minimum absolute atomic E-state index is 0.0410. The molecule has 0 radical (unpaired) electrons. The Morgan fingerprint density at radius 1 is 1.09 bits per heavy atom. The number of pyridine rings is 1. The van der Waals surface area contributed by atoms with Gasteiger partial charge >= 0.3 is 0 Å². The van der Waals surface area contributed by atoms with Crippen molar-refractivity contribution in [2.75, 3.05) is 13.1 Å². The molecule has 168 valence electrons. The number of benzene rings is 2. The smallest absolute Gasteiger partial charge is 0.240 e. The number of hydrogen-bond acceptors (Lipinski definition) is 4. The summed E-state index contributed by atoms with van der Waals surface area (Å²) in [6, 6.07) is 17.1. The summed E-state index contributed by atoms with van der Waals surface area (Å²) >= 11 is 6.01. The molecule has 1 saturated heterocycles. The maximum Gasteiger partial charge on any atom is 0.240 e. The first-order chi connectivity index (χ1) is 15.4. The number of fused-ring (bicyclic) bond motifs is 1. The number of nitrogens with one attached hydrogen (secondary N) is 1. The molecule has 2 atom stereocenters. The number of aliphatic hydroxyl groups is 1. The quantitative estimate of drug-likeness (QED) is 0.523. The van der Waals surface area contributed by atoms with Gasteiger partial charge in [0.25, 0.3) is 0 Å². The van der Waals surface area contributed by atoms with Gasteiger partial charge < -0.3 is 10.0 Å². The third-order valence-corrected chi connectivity index (χ3v) is 6.65. The van der Waals surface area contributed by atoms with Gasteiger partial charge in [0.2, 0.25) is 5.91 Å². The van der Waals surface area contributed by atoms with Gasteiger partial charge in [-0.3, -0.25) is 15.1 Å². The molecule has 2 N–H and O–H groups in total. The molecule has 0 spiro atoms. The van der Waals surface area contributed by atoms with Crippen molar-refractivity contribution in [1.29, 1.82) is 0 Å². The zero-order chi connectivity index (χ0) is 22.7. The molecule has 1 unspecified atom stereocenters. The number of amides is 1. The Kier molecular flexibility index (Phi) is 7.09. The SMILES string of the molecule is CC(C)C(N[C@H](O)c1ccnc2ccccc12)C(=O)N1CCC(c2ccc(Cl)cc2)CC1. The van der Waals surface area contributed by atoms with Gasteiger partial charge in [0.15, 0.2) is 0 Å². The van der Waals surface area contributed by atoms with E-state index in [1.54, 1.807) is 12.3 Å². The Hall–Kier alpha value is -2.47. The second kappa shape index (κ2) is 9.99. The number of likely N-dealkylation sites (tertiary alicyclic amines) is 1. The number of aromatic nitrogens is 1. The highest BCUT2D eigenvalue weighted by Gasteiger charge is 2.32. The van der Waals surface area contributed by atoms with E-state index < -0.39 is 12.3 Å². The minimum atomic E-state index is -0.953. The fourth-order valence-corrected chi connectivity index (χ4v) is 4.66. The minimum Gasteiger partial charge on any atom is -0.374 e. The van der Waals surface area contributed by atoms with Gasteiger partial charge in [0.05, 0.1) is 11.6 Å². The van der Waals surface area contributed by atoms with Gasteiger partial charge in [-0.25, -0.2) is 0 Å². The maximum atomic E-state index is 13.4. The van der Waals surface area contributed by atoms with Crippen molar-refractivity contribution >= 4 is 28.4 Å². The van der Waals surface area contributed by atoms with Crippen LogP contribution in [0.15, 0.2) is 60.8 Å². The maximum absolute atomic E-state index is 13.4. The number of hydrogen-bond donors (Lipinski definition) is 2. The first-order valence-corrected chi connectivity index (χ1v) is 11.6. The molecule has 1 aliphatic heterocycles. The van der Waals surface area contributed by atoms with E-state index in [9.17, 15) is 9.90 Å². The predicted molar refractivity (Wildman–Crippen MR) is 128 cm³/mol. The summed E-state index contributed by atoms with van der Waals surface area (Å²) in [5, 5.41) is 15.8. The van der Waals surface area contributed by atoms with Crippen LogP contribution in [0.2, 0.25) is 5.02 Å². The lowest BCUT2D eigenvalue weighted by Crippen LogP contribution is -2.52. The lowest BCUT2D eigenvalue weighted by atomic mass is 9.89. The van der Waals surface area contributed by atoms with Crippen LogP contribution in [-0.4, -0.2) is 40.0 Å². The number of halogens is 1. The fraction of sp³-hybridized carbons (Fsp3) is 0.385. The number of carbonyl (C=O) groups excluding carboxylic acids is 1. The van der Waals surface area contributed by atoms with Crippen molar-refractivity contribution in [3.63, 3.8) is 0 Å². The van der Waals surface area contributed by atoms with E-state index in [0.29, 0.717) is 19.0 Å². The molecule has 1 amide bonds. The molecule has 2 heterocycles. The molecule has 1 aromatic heterocycles. The van der Waals surface area contributed by atoms with Crippen molar-refractivity contribution < 1.29 is 9.90 Å². The molecule has 2 aromatic carbocycles. The molecule has 4 rings (SSSR count). The molecular formula is C26H30ClN3O2. The van der Waals surface area contributed by atoms with Crippen molar-refractivity contribution in [2.45, 2.75) is 44.9 Å². The van der Waals surface area contributed by atoms with Gasteiger partial charge in [-0.05, 0) is 54.5 Å². The van der Waals surface area contributed by atoms with Crippen molar-refractivity contribution in [3.8, 4) is 0 Å². The van der Waals surface area contributed by atoms with Crippen LogP contribution in [0.4, 0.5) is 0 Å². The topological polar surface area (TPSA) is 65.5 Å².